The Bertz CT molecular complexity index is 908. The molecule has 1 unspecified atom stereocenters. The lowest BCUT2D eigenvalue weighted by molar-refractivity contribution is -0.139. The van der Waals surface area contributed by atoms with E-state index in [1.54, 1.807) is 11.3 Å². The summed E-state index contributed by atoms with van der Waals surface area (Å²) in [5.74, 6) is 0.440. The van der Waals surface area contributed by atoms with Crippen LogP contribution in [0.4, 0.5) is 0 Å². The van der Waals surface area contributed by atoms with E-state index in [1.807, 2.05) is 30.0 Å². The molecule has 2 aliphatic heterocycles. The molecule has 0 radical (unpaired) electrons. The van der Waals surface area contributed by atoms with E-state index in [-0.39, 0.29) is 17.4 Å². The van der Waals surface area contributed by atoms with Gasteiger partial charge in [-0.3, -0.25) is 9.59 Å². The molecule has 2 aliphatic rings. The maximum Gasteiger partial charge on any atom is 0.229 e. The number of hydrogen-bond acceptors (Lipinski definition) is 4. The number of carbonyl (C=O) groups is 2. The Kier molecular flexibility index (Phi) is 7.69. The van der Waals surface area contributed by atoms with Crippen LogP contribution in [0.1, 0.15) is 55.5 Å². The number of likely N-dealkylation sites (tertiary alicyclic amines) is 2. The predicted octanol–water partition coefficient (Wildman–Crippen LogP) is 4.98. The minimum Gasteiger partial charge on any atom is -0.348 e. The monoisotopic (exact) mass is 517 g/mol. The highest BCUT2D eigenvalue weighted by atomic mass is 79.9. The maximum atomic E-state index is 13.3. The molecule has 172 valence electrons. The lowest BCUT2D eigenvalue weighted by Crippen LogP contribution is -2.45. The quantitative estimate of drug-likeness (QED) is 0.536. The number of nitrogens with zero attached hydrogens (tertiary/aromatic N) is 2. The molecule has 32 heavy (non-hydrogen) atoms. The van der Waals surface area contributed by atoms with Crippen LogP contribution in [0.3, 0.4) is 0 Å². The van der Waals surface area contributed by atoms with Crippen LogP contribution in [0.5, 0.6) is 0 Å². The summed E-state index contributed by atoms with van der Waals surface area (Å²) >= 11 is 5.18. The maximum absolute atomic E-state index is 13.3. The van der Waals surface area contributed by atoms with E-state index in [9.17, 15) is 9.59 Å². The van der Waals surface area contributed by atoms with Crippen molar-refractivity contribution in [2.24, 2.45) is 5.41 Å². The molecule has 5 nitrogen and oxygen atoms in total. The second kappa shape index (κ2) is 10.5. The van der Waals surface area contributed by atoms with Crippen molar-refractivity contribution in [3.63, 3.8) is 0 Å². The minimum absolute atomic E-state index is 0.0767. The first-order chi connectivity index (χ1) is 15.5. The standard InChI is InChI=1S/C25H32BrN3O2S/c1-2-23(30)27-21(22-4-3-17-32-22)9-13-28-14-10-25(11-15-28)12-16-29(24(25)31)18-19-5-7-20(26)8-6-19/h3-8,17,21H,2,9-16,18H2,1H3,(H,27,30). The van der Waals surface area contributed by atoms with E-state index in [0.717, 1.165) is 56.3 Å². The fourth-order valence-electron chi connectivity index (χ4n) is 4.91. The van der Waals surface area contributed by atoms with Gasteiger partial charge in [0.2, 0.25) is 11.8 Å². The van der Waals surface area contributed by atoms with Crippen molar-refractivity contribution in [3.8, 4) is 0 Å². The number of thiophene rings is 1. The summed E-state index contributed by atoms with van der Waals surface area (Å²) in [7, 11) is 0. The van der Waals surface area contributed by atoms with Gasteiger partial charge in [-0.05, 0) is 67.9 Å². The zero-order valence-corrected chi connectivity index (χ0v) is 21.1. The Morgan fingerprint density at radius 2 is 1.88 bits per heavy atom. The van der Waals surface area contributed by atoms with Crippen LogP contribution in [0.25, 0.3) is 0 Å². The summed E-state index contributed by atoms with van der Waals surface area (Å²) in [5.41, 5.74) is 1.01. The van der Waals surface area contributed by atoms with E-state index in [1.165, 1.54) is 10.4 Å². The summed E-state index contributed by atoms with van der Waals surface area (Å²) in [6.45, 7) is 6.31. The minimum atomic E-state index is -0.171. The predicted molar refractivity (Wildman–Crippen MR) is 132 cm³/mol. The van der Waals surface area contributed by atoms with Gasteiger partial charge in [-0.15, -0.1) is 11.3 Å². The third-order valence-corrected chi connectivity index (χ3v) is 8.49. The molecule has 2 fully saturated rings. The number of hydrogen-bond donors (Lipinski definition) is 1. The van der Waals surface area contributed by atoms with Crippen LogP contribution in [0.15, 0.2) is 46.3 Å². The van der Waals surface area contributed by atoms with Gasteiger partial charge in [-0.25, -0.2) is 0 Å². The van der Waals surface area contributed by atoms with Crippen molar-refractivity contribution in [1.29, 1.82) is 0 Å². The molecule has 0 saturated carbocycles. The second-order valence-corrected chi connectivity index (χ2v) is 10.9. The number of nitrogens with one attached hydrogen (secondary N) is 1. The van der Waals surface area contributed by atoms with Gasteiger partial charge in [0.25, 0.3) is 0 Å². The highest BCUT2D eigenvalue weighted by molar-refractivity contribution is 9.10. The topological polar surface area (TPSA) is 52.7 Å². The number of halogens is 1. The molecule has 1 aromatic heterocycles. The first-order valence-electron chi connectivity index (χ1n) is 11.6. The van der Waals surface area contributed by atoms with Gasteiger partial charge in [0.05, 0.1) is 11.5 Å². The van der Waals surface area contributed by atoms with Gasteiger partial charge in [0.1, 0.15) is 0 Å². The molecule has 0 aliphatic carbocycles. The van der Waals surface area contributed by atoms with Crippen LogP contribution in [0.2, 0.25) is 0 Å². The molecule has 0 bridgehead atoms. The largest absolute Gasteiger partial charge is 0.348 e. The number of piperidine rings is 1. The van der Waals surface area contributed by atoms with Crippen molar-refractivity contribution < 1.29 is 9.59 Å². The first kappa shape index (κ1) is 23.5. The Morgan fingerprint density at radius 1 is 1.16 bits per heavy atom. The Balaban J connectivity index is 1.29. The Morgan fingerprint density at radius 3 is 2.53 bits per heavy atom. The van der Waals surface area contributed by atoms with Crippen molar-refractivity contribution in [2.75, 3.05) is 26.2 Å². The number of amides is 2. The van der Waals surface area contributed by atoms with Gasteiger partial charge >= 0.3 is 0 Å². The molecule has 2 amide bonds. The molecule has 1 aromatic carbocycles. The van der Waals surface area contributed by atoms with E-state index >= 15 is 0 Å². The average molecular weight is 519 g/mol. The van der Waals surface area contributed by atoms with Crippen LogP contribution in [-0.4, -0.2) is 47.8 Å². The van der Waals surface area contributed by atoms with Crippen molar-refractivity contribution in [1.82, 2.24) is 15.1 Å². The van der Waals surface area contributed by atoms with Gasteiger partial charge < -0.3 is 15.1 Å². The summed E-state index contributed by atoms with van der Waals surface area (Å²) in [6, 6.07) is 12.5. The second-order valence-electron chi connectivity index (χ2n) is 9.00. The summed E-state index contributed by atoms with van der Waals surface area (Å²) in [5, 5.41) is 5.24. The number of rotatable bonds is 8. The molecule has 4 rings (SSSR count). The third kappa shape index (κ3) is 5.43. The molecule has 2 saturated heterocycles. The fraction of sp³-hybridized carbons (Fsp3) is 0.520. The Labute approximate surface area is 203 Å². The first-order valence-corrected chi connectivity index (χ1v) is 13.3. The van der Waals surface area contributed by atoms with Gasteiger partial charge in [-0.2, -0.15) is 0 Å². The van der Waals surface area contributed by atoms with Crippen LogP contribution in [-0.2, 0) is 16.1 Å². The molecule has 3 heterocycles. The Hall–Kier alpha value is -1.70. The summed E-state index contributed by atoms with van der Waals surface area (Å²) in [4.78, 5) is 31.0. The van der Waals surface area contributed by atoms with Gasteiger partial charge in [-0.1, -0.05) is 41.1 Å². The third-order valence-electron chi connectivity index (χ3n) is 6.98. The van der Waals surface area contributed by atoms with E-state index in [0.29, 0.717) is 18.9 Å². The number of benzene rings is 1. The van der Waals surface area contributed by atoms with Crippen molar-refractivity contribution in [2.45, 2.75) is 51.6 Å². The van der Waals surface area contributed by atoms with Crippen LogP contribution >= 0.6 is 27.3 Å². The molecular weight excluding hydrogens is 486 g/mol. The van der Waals surface area contributed by atoms with Gasteiger partial charge in [0.15, 0.2) is 0 Å². The molecule has 7 heteroatoms. The molecule has 1 N–H and O–H groups in total. The van der Waals surface area contributed by atoms with E-state index < -0.39 is 0 Å². The van der Waals surface area contributed by atoms with Gasteiger partial charge in [0, 0.05) is 35.4 Å². The summed E-state index contributed by atoms with van der Waals surface area (Å²) in [6.07, 6.45) is 4.26. The fourth-order valence-corrected chi connectivity index (χ4v) is 5.98. The van der Waals surface area contributed by atoms with Crippen molar-refractivity contribution in [3.05, 3.63) is 56.7 Å². The van der Waals surface area contributed by atoms with Crippen molar-refractivity contribution >= 4 is 39.1 Å². The smallest absolute Gasteiger partial charge is 0.229 e. The average Bonchev–Trinajstić information content (AvgIpc) is 3.44. The molecule has 1 atom stereocenters. The normalized spacial score (nSPS) is 19.4. The van der Waals surface area contributed by atoms with E-state index in [2.05, 4.69) is 49.7 Å². The highest BCUT2D eigenvalue weighted by Gasteiger charge is 2.47. The highest BCUT2D eigenvalue weighted by Crippen LogP contribution is 2.42. The zero-order chi connectivity index (χ0) is 22.6. The number of carbonyl (C=O) groups excluding carboxylic acids is 2. The summed E-state index contributed by atoms with van der Waals surface area (Å²) < 4.78 is 1.06. The van der Waals surface area contributed by atoms with Crippen LogP contribution < -0.4 is 5.32 Å². The van der Waals surface area contributed by atoms with E-state index in [4.69, 9.17) is 0 Å². The molecule has 1 spiro atoms. The molecule has 2 aromatic rings. The SMILES string of the molecule is CCC(=O)NC(CCN1CCC2(CC1)CCN(Cc1ccc(Br)cc1)C2=O)c1cccs1. The molecular formula is C25H32BrN3O2S. The van der Waals surface area contributed by atoms with Crippen LogP contribution in [0, 0.1) is 5.41 Å². The lowest BCUT2D eigenvalue weighted by Gasteiger charge is -2.38. The lowest BCUT2D eigenvalue weighted by atomic mass is 9.77. The zero-order valence-electron chi connectivity index (χ0n) is 18.7.